The van der Waals surface area contributed by atoms with Crippen molar-refractivity contribution in [3.8, 4) is 23.3 Å². The Bertz CT molecular complexity index is 1240. The Hall–Kier alpha value is -3.51. The van der Waals surface area contributed by atoms with Crippen molar-refractivity contribution < 1.29 is 14.3 Å². The zero-order chi connectivity index (χ0) is 24.5. The van der Waals surface area contributed by atoms with Crippen LogP contribution in [-0.4, -0.2) is 53.0 Å². The van der Waals surface area contributed by atoms with E-state index in [1.54, 1.807) is 17.9 Å². The van der Waals surface area contributed by atoms with Crippen LogP contribution in [0.1, 0.15) is 18.9 Å². The van der Waals surface area contributed by atoms with Crippen LogP contribution in [0, 0.1) is 17.8 Å². The number of hydrogen-bond acceptors (Lipinski definition) is 6. The molecule has 3 heterocycles. The Labute approximate surface area is 209 Å². The predicted octanol–water partition coefficient (Wildman–Crippen LogP) is 2.32. The minimum atomic E-state index is -0.461. The van der Waals surface area contributed by atoms with Gasteiger partial charge < -0.3 is 20.3 Å². The lowest BCUT2D eigenvalue weighted by molar-refractivity contribution is -0.131. The Morgan fingerprint density at radius 1 is 1.20 bits per heavy atom. The molecule has 180 valence electrons. The van der Waals surface area contributed by atoms with Crippen LogP contribution in [0.3, 0.4) is 0 Å². The third-order valence-electron chi connectivity index (χ3n) is 6.68. The SMILES string of the molecule is CC#CC(=O)N1CC[C@@H](N2C=C(c3ccc(Oc4ccccc4Cl)cc3)C3C(N)NNC(=O)C32)C1. The van der Waals surface area contributed by atoms with Gasteiger partial charge in [-0.25, -0.2) is 5.43 Å². The first kappa shape index (κ1) is 23.2. The number of likely N-dealkylation sites (tertiary alicyclic amines) is 1. The van der Waals surface area contributed by atoms with Gasteiger partial charge in [-0.1, -0.05) is 41.8 Å². The van der Waals surface area contributed by atoms with Crippen molar-refractivity contribution in [2.45, 2.75) is 31.6 Å². The van der Waals surface area contributed by atoms with Crippen molar-refractivity contribution in [1.82, 2.24) is 20.7 Å². The van der Waals surface area contributed by atoms with E-state index >= 15 is 0 Å². The zero-order valence-corrected chi connectivity index (χ0v) is 20.0. The summed E-state index contributed by atoms with van der Waals surface area (Å²) in [6, 6.07) is 14.5. The number of nitrogens with zero attached hydrogens (tertiary/aromatic N) is 2. The van der Waals surface area contributed by atoms with Gasteiger partial charge in [0, 0.05) is 31.2 Å². The van der Waals surface area contributed by atoms with Gasteiger partial charge >= 0.3 is 0 Å². The average molecular weight is 492 g/mol. The van der Waals surface area contributed by atoms with Gasteiger partial charge in [0.2, 0.25) is 0 Å². The largest absolute Gasteiger partial charge is 0.456 e. The summed E-state index contributed by atoms with van der Waals surface area (Å²) < 4.78 is 5.92. The predicted molar refractivity (Wildman–Crippen MR) is 133 cm³/mol. The maximum Gasteiger partial charge on any atom is 0.298 e. The summed E-state index contributed by atoms with van der Waals surface area (Å²) >= 11 is 6.21. The number of para-hydroxylation sites is 1. The highest BCUT2D eigenvalue weighted by Gasteiger charge is 2.49. The normalized spacial score (nSPS) is 25.3. The van der Waals surface area contributed by atoms with E-state index < -0.39 is 12.2 Å². The van der Waals surface area contributed by atoms with Crippen molar-refractivity contribution >= 4 is 29.0 Å². The van der Waals surface area contributed by atoms with Crippen LogP contribution in [0.2, 0.25) is 5.02 Å². The molecule has 0 spiro atoms. The number of ether oxygens (including phenoxy) is 1. The number of hydrogen-bond donors (Lipinski definition) is 3. The van der Waals surface area contributed by atoms with Crippen molar-refractivity contribution in [3.63, 3.8) is 0 Å². The fraction of sp³-hybridized carbons (Fsp3) is 0.308. The highest BCUT2D eigenvalue weighted by atomic mass is 35.5. The zero-order valence-electron chi connectivity index (χ0n) is 19.2. The molecule has 3 unspecified atom stereocenters. The summed E-state index contributed by atoms with van der Waals surface area (Å²) in [7, 11) is 0. The number of benzene rings is 2. The minimum absolute atomic E-state index is 0.00138. The summed E-state index contributed by atoms with van der Waals surface area (Å²) in [6.07, 6.45) is 2.32. The summed E-state index contributed by atoms with van der Waals surface area (Å²) in [5.41, 5.74) is 13.9. The van der Waals surface area contributed by atoms with Gasteiger partial charge in [-0.05, 0) is 54.7 Å². The van der Waals surface area contributed by atoms with Gasteiger partial charge in [0.05, 0.1) is 11.2 Å². The van der Waals surface area contributed by atoms with Crippen LogP contribution in [0.15, 0.2) is 54.7 Å². The molecule has 0 aliphatic carbocycles. The van der Waals surface area contributed by atoms with Crippen LogP contribution in [0.25, 0.3) is 5.57 Å². The second-order valence-electron chi connectivity index (χ2n) is 8.79. The maximum absolute atomic E-state index is 12.9. The molecule has 4 atom stereocenters. The molecule has 0 aromatic heterocycles. The molecular formula is C26H26ClN5O3. The van der Waals surface area contributed by atoms with Gasteiger partial charge in [-0.15, -0.1) is 0 Å². The molecule has 0 radical (unpaired) electrons. The van der Waals surface area contributed by atoms with Crippen LogP contribution >= 0.6 is 11.6 Å². The molecule has 2 aromatic rings. The molecule has 2 aromatic carbocycles. The number of rotatable bonds is 4. The lowest BCUT2D eigenvalue weighted by atomic mass is 9.86. The molecule has 5 rings (SSSR count). The molecule has 2 saturated heterocycles. The second kappa shape index (κ2) is 9.62. The van der Waals surface area contributed by atoms with Crippen LogP contribution in [0.5, 0.6) is 11.5 Å². The molecule has 0 bridgehead atoms. The first-order valence-corrected chi connectivity index (χ1v) is 11.9. The molecule has 2 amide bonds. The molecule has 3 aliphatic rings. The van der Waals surface area contributed by atoms with E-state index in [4.69, 9.17) is 22.1 Å². The monoisotopic (exact) mass is 491 g/mol. The number of carbonyl (C=O) groups excluding carboxylic acids is 2. The Balaban J connectivity index is 1.41. The van der Waals surface area contributed by atoms with Crippen LogP contribution in [-0.2, 0) is 9.59 Å². The summed E-state index contributed by atoms with van der Waals surface area (Å²) in [4.78, 5) is 29.0. The van der Waals surface area contributed by atoms with Crippen LogP contribution < -0.4 is 21.3 Å². The van der Waals surface area contributed by atoms with Crippen LogP contribution in [0.4, 0.5) is 0 Å². The number of carbonyl (C=O) groups is 2. The van der Waals surface area contributed by atoms with E-state index in [1.807, 2.05) is 48.7 Å². The van der Waals surface area contributed by atoms with Crippen molar-refractivity contribution in [3.05, 3.63) is 65.3 Å². The van der Waals surface area contributed by atoms with E-state index in [0.29, 0.717) is 29.6 Å². The van der Waals surface area contributed by atoms with Gasteiger partial charge in [-0.3, -0.25) is 15.0 Å². The molecule has 35 heavy (non-hydrogen) atoms. The Morgan fingerprint density at radius 2 is 1.97 bits per heavy atom. The number of fused-ring (bicyclic) bond motifs is 1. The lowest BCUT2D eigenvalue weighted by Crippen LogP contribution is -2.67. The van der Waals surface area contributed by atoms with Gasteiger partial charge in [0.1, 0.15) is 17.5 Å². The highest BCUT2D eigenvalue weighted by molar-refractivity contribution is 6.32. The van der Waals surface area contributed by atoms with E-state index in [0.717, 1.165) is 17.6 Å². The van der Waals surface area contributed by atoms with Crippen molar-refractivity contribution in [1.29, 1.82) is 0 Å². The third kappa shape index (κ3) is 4.46. The first-order valence-electron chi connectivity index (χ1n) is 11.5. The van der Waals surface area contributed by atoms with E-state index in [2.05, 4.69) is 27.6 Å². The molecule has 4 N–H and O–H groups in total. The van der Waals surface area contributed by atoms with E-state index in [-0.39, 0.29) is 23.8 Å². The van der Waals surface area contributed by atoms with Crippen molar-refractivity contribution in [2.75, 3.05) is 13.1 Å². The molecule has 0 saturated carbocycles. The first-order chi connectivity index (χ1) is 17.0. The molecule has 9 heteroatoms. The highest BCUT2D eigenvalue weighted by Crippen LogP contribution is 2.41. The average Bonchev–Trinajstić information content (AvgIpc) is 3.50. The molecule has 3 aliphatic heterocycles. The number of nitrogens with one attached hydrogen (secondary N) is 2. The van der Waals surface area contributed by atoms with Gasteiger partial charge in [-0.2, -0.15) is 0 Å². The Kier molecular flexibility index (Phi) is 6.39. The van der Waals surface area contributed by atoms with Gasteiger partial charge in [0.25, 0.3) is 11.8 Å². The lowest BCUT2D eigenvalue weighted by Gasteiger charge is -2.39. The number of nitrogens with two attached hydrogens (primary N) is 1. The summed E-state index contributed by atoms with van der Waals surface area (Å²) in [6.45, 7) is 2.77. The molecular weight excluding hydrogens is 466 g/mol. The third-order valence-corrected chi connectivity index (χ3v) is 6.99. The summed E-state index contributed by atoms with van der Waals surface area (Å²) in [5, 5.41) is 0.535. The van der Waals surface area contributed by atoms with Gasteiger partial charge in [0.15, 0.2) is 0 Å². The smallest absolute Gasteiger partial charge is 0.298 e. The minimum Gasteiger partial charge on any atom is -0.456 e. The fourth-order valence-electron chi connectivity index (χ4n) is 5.01. The van der Waals surface area contributed by atoms with E-state index in [9.17, 15) is 9.59 Å². The standard InChI is InChI=1S/C26H26ClN5O3/c1-2-5-22(33)31-13-12-17(14-31)32-15-19(23-24(32)26(34)30-29-25(23)28)16-8-10-18(11-9-16)35-21-7-4-3-6-20(21)27/h3-4,6-11,15,17,23-25,29H,12-14,28H2,1H3,(H,30,34)/t17-,23?,24?,25?/m1/s1. The summed E-state index contributed by atoms with van der Waals surface area (Å²) in [5.74, 6) is 5.93. The molecule has 8 nitrogen and oxygen atoms in total. The number of hydrazine groups is 1. The number of amides is 2. The quantitative estimate of drug-likeness (QED) is 0.568. The number of halogens is 1. The fourth-order valence-corrected chi connectivity index (χ4v) is 5.19. The second-order valence-corrected chi connectivity index (χ2v) is 9.19. The maximum atomic E-state index is 12.9. The Morgan fingerprint density at radius 3 is 2.71 bits per heavy atom. The topological polar surface area (TPSA) is 99.9 Å². The molecule has 2 fully saturated rings. The van der Waals surface area contributed by atoms with Crippen molar-refractivity contribution in [2.24, 2.45) is 11.7 Å². The van der Waals surface area contributed by atoms with E-state index in [1.165, 1.54) is 0 Å².